The van der Waals surface area contributed by atoms with Crippen molar-refractivity contribution in [1.82, 2.24) is 4.90 Å². The quantitative estimate of drug-likeness (QED) is 0.744. The highest BCUT2D eigenvalue weighted by Gasteiger charge is 2.46. The van der Waals surface area contributed by atoms with Gasteiger partial charge in [-0.25, -0.2) is 0 Å². The Labute approximate surface area is 130 Å². The fourth-order valence-electron chi connectivity index (χ4n) is 3.25. The molecule has 2 nitrogen and oxygen atoms in total. The molecule has 2 aliphatic heterocycles. The number of hydrogen-bond donors (Lipinski definition) is 0. The molecule has 0 aliphatic carbocycles. The van der Waals surface area contributed by atoms with Gasteiger partial charge in [-0.3, -0.25) is 0 Å². The van der Waals surface area contributed by atoms with E-state index < -0.39 is 0 Å². The van der Waals surface area contributed by atoms with E-state index in [-0.39, 0.29) is 5.60 Å². The minimum Gasteiger partial charge on any atom is -0.368 e. The van der Waals surface area contributed by atoms with Gasteiger partial charge in [0, 0.05) is 24.4 Å². The first-order valence-corrected chi connectivity index (χ1v) is 8.42. The summed E-state index contributed by atoms with van der Waals surface area (Å²) in [6.45, 7) is 16.2. The fourth-order valence-corrected chi connectivity index (χ4v) is 3.25. The maximum atomic E-state index is 6.22. The lowest BCUT2D eigenvalue weighted by atomic mass is 9.88. The van der Waals surface area contributed by atoms with Gasteiger partial charge in [0.05, 0.1) is 6.54 Å². The first kappa shape index (κ1) is 16.4. The van der Waals surface area contributed by atoms with Crippen molar-refractivity contribution in [2.24, 2.45) is 5.92 Å². The van der Waals surface area contributed by atoms with Gasteiger partial charge in [0.2, 0.25) is 0 Å². The van der Waals surface area contributed by atoms with Crippen LogP contribution in [0.25, 0.3) is 0 Å². The number of allylic oxidation sites excluding steroid dienone is 3. The van der Waals surface area contributed by atoms with Crippen molar-refractivity contribution in [3.8, 4) is 0 Å². The summed E-state index contributed by atoms with van der Waals surface area (Å²) in [6, 6.07) is 0. The highest BCUT2D eigenvalue weighted by atomic mass is 16.5. The molecule has 2 rings (SSSR count). The topological polar surface area (TPSA) is 12.5 Å². The third-order valence-corrected chi connectivity index (χ3v) is 4.80. The van der Waals surface area contributed by atoms with Gasteiger partial charge in [0.1, 0.15) is 5.60 Å². The van der Waals surface area contributed by atoms with Crippen LogP contribution in [0.3, 0.4) is 0 Å². The highest BCUT2D eigenvalue weighted by Crippen LogP contribution is 2.43. The van der Waals surface area contributed by atoms with Crippen LogP contribution in [0.4, 0.5) is 0 Å². The molecule has 2 saturated heterocycles. The Morgan fingerprint density at radius 2 is 2.19 bits per heavy atom. The van der Waals surface area contributed by atoms with E-state index in [0.717, 1.165) is 26.1 Å². The van der Waals surface area contributed by atoms with Crippen molar-refractivity contribution in [2.75, 3.05) is 19.7 Å². The summed E-state index contributed by atoms with van der Waals surface area (Å²) < 4.78 is 6.22. The molecule has 2 unspecified atom stereocenters. The van der Waals surface area contributed by atoms with E-state index in [2.05, 4.69) is 51.3 Å². The summed E-state index contributed by atoms with van der Waals surface area (Å²) >= 11 is 0. The summed E-state index contributed by atoms with van der Waals surface area (Å²) in [5.74, 6) is 0.701. The standard InChI is InChI=1S/C19H31NO/c1-6-16(4)13-20-14-19(11-7-8-12-21-19)17(5)18(20)10-9-15(2)3/h9-10,16H,5-8,11-14H2,1-4H3. The molecule has 0 aromatic rings. The Balaban J connectivity index is 2.26. The minimum absolute atomic E-state index is 0.118. The van der Waals surface area contributed by atoms with Gasteiger partial charge in [0.25, 0.3) is 0 Å². The van der Waals surface area contributed by atoms with Gasteiger partial charge in [-0.05, 0) is 45.1 Å². The zero-order valence-corrected chi connectivity index (χ0v) is 14.2. The molecular formula is C19H31NO. The molecule has 0 bridgehead atoms. The number of likely N-dealkylation sites (tertiary alicyclic amines) is 1. The van der Waals surface area contributed by atoms with Gasteiger partial charge in [0.15, 0.2) is 0 Å². The lowest BCUT2D eigenvalue weighted by molar-refractivity contribution is -0.0478. The van der Waals surface area contributed by atoms with Crippen LogP contribution in [-0.2, 0) is 4.74 Å². The smallest absolute Gasteiger partial charge is 0.112 e. The Hall–Kier alpha value is -1.02. The number of ether oxygens (including phenoxy) is 1. The lowest BCUT2D eigenvalue weighted by Gasteiger charge is -2.34. The van der Waals surface area contributed by atoms with Crippen LogP contribution in [0.1, 0.15) is 53.4 Å². The molecule has 2 atom stereocenters. The molecule has 0 saturated carbocycles. The van der Waals surface area contributed by atoms with Crippen LogP contribution in [0.5, 0.6) is 0 Å². The average molecular weight is 289 g/mol. The van der Waals surface area contributed by atoms with Crippen LogP contribution in [-0.4, -0.2) is 30.2 Å². The SMILES string of the molecule is C=C1C(=CC=C(C)C)N(CC(C)CC)CC12CCCCO2. The Morgan fingerprint density at radius 3 is 2.76 bits per heavy atom. The first-order valence-electron chi connectivity index (χ1n) is 8.42. The van der Waals surface area contributed by atoms with Crippen LogP contribution >= 0.6 is 0 Å². The lowest BCUT2D eigenvalue weighted by Crippen LogP contribution is -2.40. The van der Waals surface area contributed by atoms with E-state index in [9.17, 15) is 0 Å². The summed E-state index contributed by atoms with van der Waals surface area (Å²) in [7, 11) is 0. The molecule has 1 spiro atoms. The number of nitrogens with zero attached hydrogens (tertiary/aromatic N) is 1. The van der Waals surface area contributed by atoms with Crippen LogP contribution < -0.4 is 0 Å². The van der Waals surface area contributed by atoms with Crippen molar-refractivity contribution >= 4 is 0 Å². The summed E-state index contributed by atoms with van der Waals surface area (Å²) in [5, 5.41) is 0. The van der Waals surface area contributed by atoms with E-state index in [4.69, 9.17) is 4.74 Å². The van der Waals surface area contributed by atoms with Crippen LogP contribution in [0.2, 0.25) is 0 Å². The third kappa shape index (κ3) is 3.60. The van der Waals surface area contributed by atoms with Crippen molar-refractivity contribution in [3.63, 3.8) is 0 Å². The first-order chi connectivity index (χ1) is 9.98. The van der Waals surface area contributed by atoms with Crippen molar-refractivity contribution in [2.45, 2.75) is 59.0 Å². The molecule has 0 aromatic heterocycles. The molecule has 0 N–H and O–H groups in total. The fraction of sp³-hybridized carbons (Fsp3) is 0.684. The molecule has 0 radical (unpaired) electrons. The van der Waals surface area contributed by atoms with Gasteiger partial charge < -0.3 is 9.64 Å². The minimum atomic E-state index is -0.118. The molecule has 0 amide bonds. The van der Waals surface area contributed by atoms with E-state index in [1.165, 1.54) is 36.1 Å². The molecule has 2 heteroatoms. The summed E-state index contributed by atoms with van der Waals surface area (Å²) in [5.41, 5.74) is 3.69. The van der Waals surface area contributed by atoms with E-state index >= 15 is 0 Å². The normalized spacial score (nSPS) is 29.2. The van der Waals surface area contributed by atoms with Gasteiger partial charge in [-0.15, -0.1) is 0 Å². The Morgan fingerprint density at radius 1 is 1.43 bits per heavy atom. The predicted molar refractivity (Wildman–Crippen MR) is 90.2 cm³/mol. The van der Waals surface area contributed by atoms with Gasteiger partial charge >= 0.3 is 0 Å². The molecule has 2 fully saturated rings. The molecular weight excluding hydrogens is 258 g/mol. The molecule has 2 heterocycles. The maximum absolute atomic E-state index is 6.22. The maximum Gasteiger partial charge on any atom is 0.112 e. The Bertz CT molecular complexity index is 436. The van der Waals surface area contributed by atoms with E-state index in [1.807, 2.05) is 0 Å². The van der Waals surface area contributed by atoms with Crippen LogP contribution in [0, 0.1) is 5.92 Å². The number of hydrogen-bond acceptors (Lipinski definition) is 2. The predicted octanol–water partition coefficient (Wildman–Crippen LogP) is 4.69. The summed E-state index contributed by atoms with van der Waals surface area (Å²) in [4.78, 5) is 2.50. The molecule has 0 aromatic carbocycles. The summed E-state index contributed by atoms with van der Waals surface area (Å²) in [6.07, 6.45) is 9.22. The molecule has 21 heavy (non-hydrogen) atoms. The number of rotatable bonds is 4. The molecule has 2 aliphatic rings. The van der Waals surface area contributed by atoms with E-state index in [0.29, 0.717) is 5.92 Å². The average Bonchev–Trinajstić information content (AvgIpc) is 2.70. The van der Waals surface area contributed by atoms with Crippen LogP contribution in [0.15, 0.2) is 35.6 Å². The second-order valence-corrected chi connectivity index (χ2v) is 6.97. The van der Waals surface area contributed by atoms with Gasteiger partial charge in [-0.1, -0.05) is 38.5 Å². The second kappa shape index (κ2) is 6.83. The second-order valence-electron chi connectivity index (χ2n) is 6.97. The monoisotopic (exact) mass is 289 g/mol. The van der Waals surface area contributed by atoms with Crippen molar-refractivity contribution in [3.05, 3.63) is 35.6 Å². The van der Waals surface area contributed by atoms with E-state index in [1.54, 1.807) is 0 Å². The zero-order valence-electron chi connectivity index (χ0n) is 14.2. The van der Waals surface area contributed by atoms with Gasteiger partial charge in [-0.2, -0.15) is 0 Å². The van der Waals surface area contributed by atoms with Crippen molar-refractivity contribution < 1.29 is 4.74 Å². The Kier molecular flexibility index (Phi) is 5.32. The third-order valence-electron chi connectivity index (χ3n) is 4.80. The zero-order chi connectivity index (χ0) is 15.5. The largest absolute Gasteiger partial charge is 0.368 e. The molecule has 118 valence electrons. The van der Waals surface area contributed by atoms with Crippen molar-refractivity contribution in [1.29, 1.82) is 0 Å². The highest BCUT2D eigenvalue weighted by molar-refractivity contribution is 5.43.